The van der Waals surface area contributed by atoms with Gasteiger partial charge in [-0.2, -0.15) is 0 Å². The van der Waals surface area contributed by atoms with Crippen molar-refractivity contribution in [3.8, 4) is 0 Å². The Morgan fingerprint density at radius 1 is 1.32 bits per heavy atom. The summed E-state index contributed by atoms with van der Waals surface area (Å²) in [4.78, 5) is 12.0. The molecule has 6 unspecified atom stereocenters. The van der Waals surface area contributed by atoms with E-state index in [0.717, 1.165) is 32.1 Å². The van der Waals surface area contributed by atoms with Gasteiger partial charge in [-0.15, -0.1) is 0 Å². The third-order valence-electron chi connectivity index (χ3n) is 4.78. The first kappa shape index (κ1) is 13.4. The Labute approximate surface area is 114 Å². The van der Waals surface area contributed by atoms with Gasteiger partial charge in [0, 0.05) is 0 Å². The Hall–Kier alpha value is -0.610. The molecular formula is C15H24O4. The van der Waals surface area contributed by atoms with Crippen molar-refractivity contribution in [1.82, 2.24) is 0 Å². The Bertz CT molecular complexity index is 343. The third kappa shape index (κ3) is 3.29. The first-order valence-corrected chi connectivity index (χ1v) is 7.65. The van der Waals surface area contributed by atoms with Crippen LogP contribution in [0.4, 0.5) is 0 Å². The summed E-state index contributed by atoms with van der Waals surface area (Å²) in [5, 5.41) is 0. The number of carbonyl (C=O) groups is 1. The largest absolute Gasteiger partial charge is 0.465 e. The molecule has 0 radical (unpaired) electrons. The lowest BCUT2D eigenvalue weighted by molar-refractivity contribution is -0.151. The summed E-state index contributed by atoms with van der Waals surface area (Å²) in [5.74, 6) is 0.488. The Morgan fingerprint density at radius 3 is 2.74 bits per heavy atom. The number of ether oxygens (including phenoxy) is 3. The minimum atomic E-state index is -0.0165. The van der Waals surface area contributed by atoms with Crippen molar-refractivity contribution < 1.29 is 19.0 Å². The van der Waals surface area contributed by atoms with E-state index in [4.69, 9.17) is 14.2 Å². The molecular weight excluding hydrogens is 244 g/mol. The summed E-state index contributed by atoms with van der Waals surface area (Å²) < 4.78 is 16.4. The van der Waals surface area contributed by atoms with Crippen LogP contribution in [0.2, 0.25) is 0 Å². The molecule has 2 saturated heterocycles. The van der Waals surface area contributed by atoms with Gasteiger partial charge >= 0.3 is 5.97 Å². The molecule has 0 amide bonds. The van der Waals surface area contributed by atoms with Crippen molar-refractivity contribution >= 4 is 5.97 Å². The Morgan fingerprint density at radius 2 is 2.11 bits per heavy atom. The van der Waals surface area contributed by atoms with E-state index in [1.165, 1.54) is 0 Å². The van der Waals surface area contributed by atoms with Crippen LogP contribution >= 0.6 is 0 Å². The average molecular weight is 268 g/mol. The molecule has 0 N–H and O–H groups in total. The maximum Gasteiger partial charge on any atom is 0.309 e. The Balaban J connectivity index is 1.38. The van der Waals surface area contributed by atoms with E-state index in [1.807, 2.05) is 0 Å². The molecule has 3 fully saturated rings. The van der Waals surface area contributed by atoms with E-state index in [1.54, 1.807) is 0 Å². The number of rotatable bonds is 6. The molecule has 1 saturated carbocycles. The third-order valence-corrected chi connectivity index (χ3v) is 4.78. The molecule has 2 aliphatic heterocycles. The summed E-state index contributed by atoms with van der Waals surface area (Å²) in [6, 6.07) is 0. The van der Waals surface area contributed by atoms with Crippen molar-refractivity contribution in [1.29, 1.82) is 0 Å². The molecule has 0 bridgehead atoms. The highest BCUT2D eigenvalue weighted by atomic mass is 16.6. The van der Waals surface area contributed by atoms with Crippen molar-refractivity contribution in [3.05, 3.63) is 0 Å². The fourth-order valence-electron chi connectivity index (χ4n) is 3.09. The Kier molecular flexibility index (Phi) is 3.81. The zero-order valence-corrected chi connectivity index (χ0v) is 11.8. The topological polar surface area (TPSA) is 51.4 Å². The first-order valence-electron chi connectivity index (χ1n) is 7.65. The van der Waals surface area contributed by atoms with Gasteiger partial charge in [0.15, 0.2) is 0 Å². The van der Waals surface area contributed by atoms with Crippen LogP contribution in [-0.2, 0) is 19.0 Å². The van der Waals surface area contributed by atoms with Gasteiger partial charge in [0.1, 0.15) is 0 Å². The van der Waals surface area contributed by atoms with Gasteiger partial charge in [-0.3, -0.25) is 4.79 Å². The van der Waals surface area contributed by atoms with Crippen LogP contribution in [0.3, 0.4) is 0 Å². The standard InChI is InChI=1S/C15H24O4/c1-3-10(6-13-9(2)18-13)8-17-15(16)11-4-5-12-14(7-11)19-12/h9-14H,3-8H2,1-2H3. The monoisotopic (exact) mass is 268 g/mol. The van der Waals surface area contributed by atoms with Gasteiger partial charge in [0.25, 0.3) is 0 Å². The fourth-order valence-corrected chi connectivity index (χ4v) is 3.09. The van der Waals surface area contributed by atoms with E-state index < -0.39 is 0 Å². The number of epoxide rings is 2. The molecule has 0 aromatic heterocycles. The molecule has 4 nitrogen and oxygen atoms in total. The lowest BCUT2D eigenvalue weighted by Gasteiger charge is -2.20. The van der Waals surface area contributed by atoms with Gasteiger partial charge in [-0.1, -0.05) is 6.92 Å². The zero-order chi connectivity index (χ0) is 13.4. The van der Waals surface area contributed by atoms with E-state index in [0.29, 0.717) is 36.9 Å². The molecule has 3 aliphatic rings. The van der Waals surface area contributed by atoms with Crippen LogP contribution in [0, 0.1) is 11.8 Å². The molecule has 4 heteroatoms. The van der Waals surface area contributed by atoms with Gasteiger partial charge in [-0.25, -0.2) is 0 Å². The molecule has 0 aromatic carbocycles. The zero-order valence-electron chi connectivity index (χ0n) is 11.8. The molecule has 0 aromatic rings. The van der Waals surface area contributed by atoms with Crippen LogP contribution in [0.5, 0.6) is 0 Å². The summed E-state index contributed by atoms with van der Waals surface area (Å²) in [7, 11) is 0. The summed E-state index contributed by atoms with van der Waals surface area (Å²) in [6.45, 7) is 4.79. The molecule has 2 heterocycles. The quantitative estimate of drug-likeness (QED) is 0.548. The first-order chi connectivity index (χ1) is 9.17. The highest BCUT2D eigenvalue weighted by Crippen LogP contribution is 2.40. The number of hydrogen-bond donors (Lipinski definition) is 0. The molecule has 1 aliphatic carbocycles. The van der Waals surface area contributed by atoms with Crippen LogP contribution in [-0.4, -0.2) is 37.0 Å². The summed E-state index contributed by atoms with van der Waals surface area (Å²) in [6.07, 6.45) is 6.44. The molecule has 0 spiro atoms. The van der Waals surface area contributed by atoms with Gasteiger partial charge in [0.05, 0.1) is 36.9 Å². The normalized spacial score (nSPS) is 41.3. The van der Waals surface area contributed by atoms with E-state index in [-0.39, 0.29) is 11.9 Å². The van der Waals surface area contributed by atoms with Crippen molar-refractivity contribution in [2.24, 2.45) is 11.8 Å². The van der Waals surface area contributed by atoms with E-state index in [9.17, 15) is 4.79 Å². The molecule has 108 valence electrons. The highest BCUT2D eigenvalue weighted by Gasteiger charge is 2.46. The lowest BCUT2D eigenvalue weighted by atomic mass is 9.89. The minimum absolute atomic E-state index is 0.0165. The smallest absolute Gasteiger partial charge is 0.309 e. The maximum absolute atomic E-state index is 12.0. The predicted octanol–water partition coefficient (Wildman–Crippen LogP) is 2.30. The SMILES string of the molecule is CCC(COC(=O)C1CCC2OC2C1)CC1OC1C. The van der Waals surface area contributed by atoms with Crippen molar-refractivity contribution in [2.45, 2.75) is 70.4 Å². The number of esters is 1. The second kappa shape index (κ2) is 5.41. The summed E-state index contributed by atoms with van der Waals surface area (Å²) in [5.41, 5.74) is 0. The van der Waals surface area contributed by atoms with Gasteiger partial charge < -0.3 is 14.2 Å². The maximum atomic E-state index is 12.0. The van der Waals surface area contributed by atoms with Crippen molar-refractivity contribution in [2.75, 3.05) is 6.61 Å². The fraction of sp³-hybridized carbons (Fsp3) is 0.933. The van der Waals surface area contributed by atoms with E-state index >= 15 is 0 Å². The van der Waals surface area contributed by atoms with E-state index in [2.05, 4.69) is 13.8 Å². The molecule has 6 atom stereocenters. The van der Waals surface area contributed by atoms with Crippen LogP contribution in [0.15, 0.2) is 0 Å². The lowest BCUT2D eigenvalue weighted by Crippen LogP contribution is -2.26. The second-order valence-electron chi connectivity index (χ2n) is 6.24. The number of fused-ring (bicyclic) bond motifs is 1. The predicted molar refractivity (Wildman–Crippen MR) is 69.7 cm³/mol. The van der Waals surface area contributed by atoms with Gasteiger partial charge in [0.2, 0.25) is 0 Å². The molecule has 19 heavy (non-hydrogen) atoms. The second-order valence-corrected chi connectivity index (χ2v) is 6.24. The highest BCUT2D eigenvalue weighted by molar-refractivity contribution is 5.72. The van der Waals surface area contributed by atoms with Crippen molar-refractivity contribution in [3.63, 3.8) is 0 Å². The number of hydrogen-bond acceptors (Lipinski definition) is 4. The number of carbonyl (C=O) groups excluding carboxylic acids is 1. The van der Waals surface area contributed by atoms with Crippen LogP contribution in [0.1, 0.15) is 46.0 Å². The van der Waals surface area contributed by atoms with Crippen LogP contribution < -0.4 is 0 Å². The minimum Gasteiger partial charge on any atom is -0.465 e. The van der Waals surface area contributed by atoms with Crippen LogP contribution in [0.25, 0.3) is 0 Å². The average Bonchev–Trinajstić information content (AvgIpc) is 3.30. The summed E-state index contributed by atoms with van der Waals surface area (Å²) >= 11 is 0. The van der Waals surface area contributed by atoms with Gasteiger partial charge in [-0.05, 0) is 44.9 Å². The molecule has 3 rings (SSSR count).